The van der Waals surface area contributed by atoms with Crippen molar-refractivity contribution in [2.24, 2.45) is 0 Å². The normalized spacial score (nSPS) is 17.6. The lowest BCUT2D eigenvalue weighted by atomic mass is 10.2. The van der Waals surface area contributed by atoms with Crippen molar-refractivity contribution in [2.75, 3.05) is 0 Å². The zero-order valence-corrected chi connectivity index (χ0v) is 8.31. The summed E-state index contributed by atoms with van der Waals surface area (Å²) >= 11 is 0. The number of hydrogen-bond acceptors (Lipinski definition) is 3. The number of H-pyrrole nitrogens is 1. The predicted molar refractivity (Wildman–Crippen MR) is 55.7 cm³/mol. The van der Waals surface area contributed by atoms with E-state index >= 15 is 0 Å². The second kappa shape index (κ2) is 3.18. The van der Waals surface area contributed by atoms with Crippen molar-refractivity contribution in [3.63, 3.8) is 0 Å². The Labute approximate surface area is 86.2 Å². The van der Waals surface area contributed by atoms with Crippen LogP contribution in [-0.4, -0.2) is 19.5 Å². The third kappa shape index (κ3) is 1.26. The lowest BCUT2D eigenvalue weighted by molar-refractivity contribution is 0.531. The molecule has 1 N–H and O–H groups in total. The van der Waals surface area contributed by atoms with Gasteiger partial charge in [0, 0.05) is 6.04 Å². The Balaban J connectivity index is 2.22. The zero-order chi connectivity index (χ0) is 10.3. The number of fused-ring (bicyclic) bond motifs is 1. The van der Waals surface area contributed by atoms with Crippen LogP contribution in [0.5, 0.6) is 0 Å². The van der Waals surface area contributed by atoms with Gasteiger partial charge in [-0.3, -0.25) is 4.79 Å². The van der Waals surface area contributed by atoms with Crippen LogP contribution in [0.1, 0.15) is 31.7 Å². The number of hydrogen-bond donors (Lipinski definition) is 1. The molecular weight excluding hydrogens is 192 g/mol. The zero-order valence-electron chi connectivity index (χ0n) is 8.31. The van der Waals surface area contributed by atoms with Crippen LogP contribution in [0.25, 0.3) is 11.2 Å². The molecule has 0 bridgehead atoms. The van der Waals surface area contributed by atoms with E-state index in [0.717, 1.165) is 12.8 Å². The minimum absolute atomic E-state index is 0.0931. The van der Waals surface area contributed by atoms with Gasteiger partial charge in [0.15, 0.2) is 11.2 Å². The number of aromatic amines is 1. The van der Waals surface area contributed by atoms with Crippen molar-refractivity contribution < 1.29 is 0 Å². The molecule has 0 aliphatic heterocycles. The lowest BCUT2D eigenvalue weighted by Crippen LogP contribution is -2.13. The molecule has 0 spiro atoms. The average Bonchev–Trinajstić information content (AvgIpc) is 2.85. The predicted octanol–water partition coefficient (Wildman–Crippen LogP) is 1.23. The molecule has 0 aromatic carbocycles. The Kier molecular flexibility index (Phi) is 1.83. The fraction of sp³-hybridized carbons (Fsp3) is 0.500. The van der Waals surface area contributed by atoms with Gasteiger partial charge in [-0.1, -0.05) is 12.8 Å². The van der Waals surface area contributed by atoms with Gasteiger partial charge >= 0.3 is 0 Å². The fourth-order valence-electron chi connectivity index (χ4n) is 2.34. The van der Waals surface area contributed by atoms with E-state index in [9.17, 15) is 4.79 Å². The van der Waals surface area contributed by atoms with Gasteiger partial charge in [-0.05, 0) is 12.8 Å². The summed E-state index contributed by atoms with van der Waals surface area (Å²) in [6, 6.07) is 0.431. The van der Waals surface area contributed by atoms with Gasteiger partial charge < -0.3 is 9.55 Å². The van der Waals surface area contributed by atoms with Gasteiger partial charge in [-0.25, -0.2) is 9.97 Å². The Morgan fingerprint density at radius 1 is 1.33 bits per heavy atom. The molecule has 78 valence electrons. The lowest BCUT2D eigenvalue weighted by Gasteiger charge is -2.10. The summed E-state index contributed by atoms with van der Waals surface area (Å²) in [7, 11) is 0. The van der Waals surface area contributed by atoms with Crippen molar-refractivity contribution in [1.82, 2.24) is 19.5 Å². The second-order valence-corrected chi connectivity index (χ2v) is 3.99. The molecule has 2 aromatic heterocycles. The molecule has 1 saturated carbocycles. The molecule has 5 nitrogen and oxygen atoms in total. The summed E-state index contributed by atoms with van der Waals surface area (Å²) in [5, 5.41) is 0. The molecule has 1 fully saturated rings. The maximum absolute atomic E-state index is 11.7. The third-order valence-electron chi connectivity index (χ3n) is 3.09. The molecule has 15 heavy (non-hydrogen) atoms. The van der Waals surface area contributed by atoms with E-state index in [0.29, 0.717) is 17.2 Å². The molecule has 0 saturated heterocycles. The molecule has 0 radical (unpaired) electrons. The van der Waals surface area contributed by atoms with E-state index in [1.54, 1.807) is 6.33 Å². The smallest absolute Gasteiger partial charge is 0.276 e. The van der Waals surface area contributed by atoms with E-state index in [1.807, 2.05) is 4.57 Å². The Hall–Kier alpha value is -1.65. The largest absolute Gasteiger partial charge is 0.322 e. The first-order chi connectivity index (χ1) is 7.36. The Bertz CT molecular complexity index is 536. The Morgan fingerprint density at radius 2 is 2.13 bits per heavy atom. The quantitative estimate of drug-likeness (QED) is 0.760. The minimum Gasteiger partial charge on any atom is -0.322 e. The molecule has 2 heterocycles. The van der Waals surface area contributed by atoms with Crippen molar-refractivity contribution in [3.05, 3.63) is 23.0 Å². The van der Waals surface area contributed by atoms with Crippen molar-refractivity contribution in [3.8, 4) is 0 Å². The van der Waals surface area contributed by atoms with Gasteiger partial charge in [0.1, 0.15) is 0 Å². The topological polar surface area (TPSA) is 63.6 Å². The van der Waals surface area contributed by atoms with Crippen LogP contribution >= 0.6 is 0 Å². The van der Waals surface area contributed by atoms with Crippen LogP contribution in [0.3, 0.4) is 0 Å². The minimum atomic E-state index is -0.0931. The van der Waals surface area contributed by atoms with E-state index in [1.165, 1.54) is 19.2 Å². The van der Waals surface area contributed by atoms with Crippen molar-refractivity contribution in [2.45, 2.75) is 31.7 Å². The van der Waals surface area contributed by atoms with E-state index in [-0.39, 0.29) is 5.56 Å². The molecule has 0 amide bonds. The number of nitrogens with one attached hydrogen (secondary N) is 1. The average molecular weight is 204 g/mol. The Morgan fingerprint density at radius 3 is 2.93 bits per heavy atom. The molecule has 1 aliphatic carbocycles. The van der Waals surface area contributed by atoms with Crippen LogP contribution in [0.15, 0.2) is 17.4 Å². The van der Waals surface area contributed by atoms with E-state index in [4.69, 9.17) is 0 Å². The first-order valence-electron chi connectivity index (χ1n) is 5.26. The van der Waals surface area contributed by atoms with Gasteiger partial charge in [-0.15, -0.1) is 0 Å². The van der Waals surface area contributed by atoms with Gasteiger partial charge in [0.05, 0.1) is 12.7 Å². The van der Waals surface area contributed by atoms with E-state index < -0.39 is 0 Å². The summed E-state index contributed by atoms with van der Waals surface area (Å²) in [6.45, 7) is 0. The highest BCUT2D eigenvalue weighted by molar-refractivity contribution is 5.69. The standard InChI is InChI=1S/C10H12N4O/c15-10-8-9(11-5-12-10)13-6-14(8)7-3-1-2-4-7/h5-7H,1-4H2,(H,11,12,15). The fourth-order valence-corrected chi connectivity index (χ4v) is 2.34. The summed E-state index contributed by atoms with van der Waals surface area (Å²) in [5.74, 6) is 0. The molecule has 0 unspecified atom stereocenters. The number of rotatable bonds is 1. The highest BCUT2D eigenvalue weighted by Crippen LogP contribution is 2.30. The highest BCUT2D eigenvalue weighted by Gasteiger charge is 2.20. The summed E-state index contributed by atoms with van der Waals surface area (Å²) in [5.41, 5.74) is 1.07. The summed E-state index contributed by atoms with van der Waals surface area (Å²) in [4.78, 5) is 22.5. The second-order valence-electron chi connectivity index (χ2n) is 3.99. The van der Waals surface area contributed by atoms with Gasteiger partial charge in [-0.2, -0.15) is 0 Å². The first kappa shape index (κ1) is 8.64. The molecular formula is C10H12N4O. The van der Waals surface area contributed by atoms with Crippen molar-refractivity contribution in [1.29, 1.82) is 0 Å². The summed E-state index contributed by atoms with van der Waals surface area (Å²) in [6.07, 6.45) is 7.89. The number of nitrogens with zero attached hydrogens (tertiary/aromatic N) is 3. The van der Waals surface area contributed by atoms with Crippen LogP contribution < -0.4 is 5.56 Å². The van der Waals surface area contributed by atoms with Crippen LogP contribution in [0.2, 0.25) is 0 Å². The SMILES string of the molecule is O=c1[nH]cnc2ncn(C3CCCC3)c12. The maximum Gasteiger partial charge on any atom is 0.276 e. The number of aromatic nitrogens is 4. The number of imidazole rings is 1. The summed E-state index contributed by atoms with van der Waals surface area (Å²) < 4.78 is 1.98. The van der Waals surface area contributed by atoms with Crippen molar-refractivity contribution >= 4 is 11.2 Å². The maximum atomic E-state index is 11.7. The molecule has 3 rings (SSSR count). The molecule has 2 aromatic rings. The van der Waals surface area contributed by atoms with Gasteiger partial charge in [0.2, 0.25) is 0 Å². The van der Waals surface area contributed by atoms with Gasteiger partial charge in [0.25, 0.3) is 5.56 Å². The van der Waals surface area contributed by atoms with Crippen LogP contribution in [0, 0.1) is 0 Å². The van der Waals surface area contributed by atoms with E-state index in [2.05, 4.69) is 15.0 Å². The first-order valence-corrected chi connectivity index (χ1v) is 5.26. The highest BCUT2D eigenvalue weighted by atomic mass is 16.1. The monoisotopic (exact) mass is 204 g/mol. The van der Waals surface area contributed by atoms with Crippen LogP contribution in [0.4, 0.5) is 0 Å². The molecule has 0 atom stereocenters. The molecule has 5 heteroatoms. The third-order valence-corrected chi connectivity index (χ3v) is 3.09. The van der Waals surface area contributed by atoms with Crippen LogP contribution in [-0.2, 0) is 0 Å². The molecule has 1 aliphatic rings.